The zero-order valence-corrected chi connectivity index (χ0v) is 16.9. The molecule has 4 N–H and O–H groups in total. The van der Waals surface area contributed by atoms with Crippen LogP contribution in [-0.4, -0.2) is 67.9 Å². The minimum Gasteiger partial charge on any atom is -0.504 e. The second-order valence-electron chi connectivity index (χ2n) is 9.73. The zero-order chi connectivity index (χ0) is 19.7. The van der Waals surface area contributed by atoms with Gasteiger partial charge in [-0.3, -0.25) is 9.28 Å². The third-order valence-electron chi connectivity index (χ3n) is 8.66. The predicted octanol–water partition coefficient (Wildman–Crippen LogP) is 0.759. The largest absolute Gasteiger partial charge is 0.504 e. The molecule has 7 heteroatoms. The smallest absolute Gasteiger partial charge is 0.237 e. The van der Waals surface area contributed by atoms with Gasteiger partial charge in [0.15, 0.2) is 35.2 Å². The predicted molar refractivity (Wildman–Crippen MR) is 103 cm³/mol. The minimum atomic E-state index is -1.64. The van der Waals surface area contributed by atoms with Crippen molar-refractivity contribution in [2.24, 2.45) is 5.92 Å². The normalized spacial score (nSPS) is 45.1. The number of piperidine rings is 1. The summed E-state index contributed by atoms with van der Waals surface area (Å²) in [6.45, 7) is 0.429. The van der Waals surface area contributed by atoms with Crippen LogP contribution in [-0.2, 0) is 16.6 Å². The Morgan fingerprint density at radius 2 is 1.97 bits per heavy atom. The molecule has 0 aromatic heterocycles. The fourth-order valence-corrected chi connectivity index (χ4v) is 6.98. The topological polar surface area (TPSA) is 107 Å². The third-order valence-corrected chi connectivity index (χ3v) is 8.66. The van der Waals surface area contributed by atoms with E-state index >= 15 is 0 Å². The van der Waals surface area contributed by atoms with E-state index in [0.29, 0.717) is 18.5 Å². The molecule has 7 nitrogen and oxygen atoms in total. The highest BCUT2D eigenvalue weighted by molar-refractivity contribution is 5.90. The van der Waals surface area contributed by atoms with Gasteiger partial charge >= 0.3 is 0 Å². The number of ether oxygens (including phenoxy) is 1. The number of carbonyl (C=O) groups excluding carboxylic acids is 1. The molecule has 1 saturated heterocycles. The summed E-state index contributed by atoms with van der Waals surface area (Å²) in [7, 11) is 1.83. The van der Waals surface area contributed by atoms with Gasteiger partial charge < -0.3 is 32.6 Å². The van der Waals surface area contributed by atoms with E-state index in [-0.39, 0.29) is 54.4 Å². The minimum absolute atomic E-state index is 0. The van der Waals surface area contributed by atoms with Gasteiger partial charge in [0, 0.05) is 24.3 Å². The van der Waals surface area contributed by atoms with Crippen molar-refractivity contribution < 1.29 is 34.4 Å². The lowest BCUT2D eigenvalue weighted by Gasteiger charge is -2.68. The van der Waals surface area contributed by atoms with Crippen LogP contribution in [0.1, 0.15) is 43.2 Å². The molecule has 0 amide bonds. The Morgan fingerprint density at radius 3 is 2.66 bits per heavy atom. The molecule has 6 rings (SSSR count). The van der Waals surface area contributed by atoms with Gasteiger partial charge in [-0.2, -0.15) is 0 Å². The highest BCUT2D eigenvalue weighted by atomic mass is 16.5. The Balaban J connectivity index is 0.00000181. The molecular weight excluding hydrogens is 374 g/mol. The highest BCUT2D eigenvalue weighted by Crippen LogP contribution is 2.68. The van der Waals surface area contributed by atoms with E-state index in [4.69, 9.17) is 4.74 Å². The SMILES string of the molecule is C[N@+]1(C(O)C2CC2)CC[C@]23c4c5ccc(O)c4O[C@H]2C(=O)CC[C@@]3(O)[C@@]1(O)C5.[CH3-]. The number of likely N-dealkylation sites (tertiary alicyclic amines) is 1. The molecule has 5 aliphatic rings. The Hall–Kier alpha value is -1.67. The second kappa shape index (κ2) is 5.32. The Bertz CT molecular complexity index is 930. The molecule has 2 saturated carbocycles. The Kier molecular flexibility index (Phi) is 3.54. The molecule has 29 heavy (non-hydrogen) atoms. The number of Topliss-reactive ketones (excluding diaryl/α,β-unsaturated/α-hetero) is 1. The van der Waals surface area contributed by atoms with E-state index in [1.165, 1.54) is 6.07 Å². The highest BCUT2D eigenvalue weighted by Gasteiger charge is 2.83. The van der Waals surface area contributed by atoms with Crippen LogP contribution in [0.4, 0.5) is 0 Å². The number of quaternary nitrogens is 1. The summed E-state index contributed by atoms with van der Waals surface area (Å²) < 4.78 is 5.94. The monoisotopic (exact) mass is 403 g/mol. The lowest BCUT2D eigenvalue weighted by Crippen LogP contribution is -2.88. The first-order valence-corrected chi connectivity index (χ1v) is 10.2. The first-order chi connectivity index (χ1) is 13.2. The quantitative estimate of drug-likeness (QED) is 0.429. The van der Waals surface area contributed by atoms with Gasteiger partial charge in [0.1, 0.15) is 0 Å². The number of hydrogen-bond acceptors (Lipinski definition) is 6. The molecule has 1 spiro atoms. The van der Waals surface area contributed by atoms with Crippen LogP contribution in [0, 0.1) is 13.3 Å². The molecule has 2 heterocycles. The number of phenolic OH excluding ortho intramolecular Hbond substituents is 1. The molecular formula is C22H29NO6. The van der Waals surface area contributed by atoms with E-state index < -0.39 is 29.1 Å². The van der Waals surface area contributed by atoms with Crippen molar-refractivity contribution in [3.63, 3.8) is 0 Å². The molecule has 2 aliphatic heterocycles. The maximum Gasteiger partial charge on any atom is 0.237 e. The standard InChI is InChI=1S/C21H25NO6.CH3/c1-22(18(25)11-2-3-11)9-8-19-15-12-4-5-13(23)16(15)28-17(19)14(24)6-7-20(19,26)21(22,27)10-12;/h4-5,11,17-18,25-27H,2-3,6-10H2,1H3;1H3/q;-1/p+1/t17-,18?,19-,20-,21-,22+;/m0./s1. The number of hydrogen-bond donors (Lipinski definition) is 4. The molecule has 158 valence electrons. The van der Waals surface area contributed by atoms with E-state index in [1.807, 2.05) is 7.05 Å². The number of phenols is 1. The van der Waals surface area contributed by atoms with Gasteiger partial charge in [0.2, 0.25) is 5.72 Å². The number of nitrogens with zero attached hydrogens (tertiary/aromatic N) is 1. The van der Waals surface area contributed by atoms with Gasteiger partial charge in [0.25, 0.3) is 0 Å². The summed E-state index contributed by atoms with van der Waals surface area (Å²) in [6, 6.07) is 3.28. The van der Waals surface area contributed by atoms with E-state index in [9.17, 15) is 25.2 Å². The summed E-state index contributed by atoms with van der Waals surface area (Å²) >= 11 is 0. The van der Waals surface area contributed by atoms with Crippen LogP contribution < -0.4 is 4.74 Å². The molecule has 3 fully saturated rings. The van der Waals surface area contributed by atoms with E-state index in [2.05, 4.69) is 0 Å². The van der Waals surface area contributed by atoms with Crippen molar-refractivity contribution in [3.05, 3.63) is 30.7 Å². The maximum absolute atomic E-state index is 12.8. The second-order valence-corrected chi connectivity index (χ2v) is 9.73. The van der Waals surface area contributed by atoms with Crippen molar-refractivity contribution in [2.45, 2.75) is 67.6 Å². The van der Waals surface area contributed by atoms with Gasteiger partial charge in [-0.25, -0.2) is 0 Å². The summed E-state index contributed by atoms with van der Waals surface area (Å²) in [5.74, 6) is 0.264. The van der Waals surface area contributed by atoms with Crippen molar-refractivity contribution in [1.29, 1.82) is 0 Å². The lowest BCUT2D eigenvalue weighted by molar-refractivity contribution is -1.04. The Labute approximate surface area is 170 Å². The number of aromatic hydroxyl groups is 1. The summed E-state index contributed by atoms with van der Waals surface area (Å²) in [4.78, 5) is 12.8. The van der Waals surface area contributed by atoms with Crippen molar-refractivity contribution in [1.82, 2.24) is 0 Å². The number of rotatable bonds is 2. The van der Waals surface area contributed by atoms with Gasteiger partial charge in [0.05, 0.1) is 25.4 Å². The number of benzene rings is 1. The molecule has 1 aromatic rings. The van der Waals surface area contributed by atoms with Crippen molar-refractivity contribution in [3.8, 4) is 11.5 Å². The average molecular weight is 403 g/mol. The molecule has 1 unspecified atom stereocenters. The zero-order valence-electron chi connectivity index (χ0n) is 16.9. The average Bonchev–Trinajstić information content (AvgIpc) is 3.44. The van der Waals surface area contributed by atoms with E-state index in [1.54, 1.807) is 6.07 Å². The van der Waals surface area contributed by atoms with Crippen LogP contribution in [0.5, 0.6) is 11.5 Å². The fourth-order valence-electron chi connectivity index (χ4n) is 6.98. The first kappa shape index (κ1) is 19.3. The summed E-state index contributed by atoms with van der Waals surface area (Å²) in [5.41, 5.74) is -2.87. The summed E-state index contributed by atoms with van der Waals surface area (Å²) in [5, 5.41) is 45.9. The number of aliphatic hydroxyl groups excluding tert-OH is 1. The van der Waals surface area contributed by atoms with Crippen LogP contribution in [0.3, 0.4) is 0 Å². The summed E-state index contributed by atoms with van der Waals surface area (Å²) in [6.07, 6.45) is 0.970. The third kappa shape index (κ3) is 1.79. The number of carbonyl (C=O) groups is 1. The van der Waals surface area contributed by atoms with Crippen LogP contribution in [0.15, 0.2) is 12.1 Å². The molecule has 3 aliphatic carbocycles. The van der Waals surface area contributed by atoms with Crippen molar-refractivity contribution >= 4 is 5.78 Å². The number of ketones is 1. The first-order valence-electron chi connectivity index (χ1n) is 10.2. The van der Waals surface area contributed by atoms with Gasteiger partial charge in [-0.05, 0) is 30.9 Å². The maximum atomic E-state index is 12.8. The van der Waals surface area contributed by atoms with Crippen LogP contribution >= 0.6 is 0 Å². The van der Waals surface area contributed by atoms with Crippen LogP contribution in [0.25, 0.3) is 0 Å². The Morgan fingerprint density at radius 1 is 1.24 bits per heavy atom. The van der Waals surface area contributed by atoms with Crippen molar-refractivity contribution in [2.75, 3.05) is 13.6 Å². The van der Waals surface area contributed by atoms with E-state index in [0.717, 1.165) is 18.4 Å². The van der Waals surface area contributed by atoms with Crippen LogP contribution in [0.2, 0.25) is 0 Å². The fraction of sp³-hybridized carbons (Fsp3) is 0.636. The van der Waals surface area contributed by atoms with Gasteiger partial charge in [-0.15, -0.1) is 0 Å². The van der Waals surface area contributed by atoms with Gasteiger partial charge in [-0.1, -0.05) is 6.07 Å². The molecule has 0 radical (unpaired) electrons. The number of likely N-dealkylation sites (N-methyl/N-ethyl adjacent to an activating group) is 1. The molecule has 2 bridgehead atoms. The number of aliphatic hydroxyl groups is 3. The molecule has 6 atom stereocenters. The molecule has 1 aromatic carbocycles. The lowest BCUT2D eigenvalue weighted by atomic mass is 9.47.